The van der Waals surface area contributed by atoms with E-state index in [2.05, 4.69) is 15.8 Å². The fourth-order valence-corrected chi connectivity index (χ4v) is 1.05. The molecule has 2 N–H and O–H groups in total. The number of rotatable bonds is 3. The van der Waals surface area contributed by atoms with E-state index in [9.17, 15) is 0 Å². The molecule has 1 atom stereocenters. The monoisotopic (exact) mass is 224 g/mol. The topological polar surface area (TPSA) is 40.2 Å². The molecule has 0 saturated carbocycles. The molecule has 0 amide bonds. The standard InChI is InChI=1S/C10H16N4S/c1-8(9-6-4-5-7-11-9)12-13-10(15)14(2)3/h4-8,12H,1-3H3,(H,13,15)/t8-/m1/s1. The summed E-state index contributed by atoms with van der Waals surface area (Å²) in [5, 5.41) is 0.651. The van der Waals surface area contributed by atoms with Crippen LogP contribution in [0, 0.1) is 0 Å². The fourth-order valence-electron chi connectivity index (χ4n) is 0.988. The second-order valence-corrected chi connectivity index (χ2v) is 3.83. The van der Waals surface area contributed by atoms with Gasteiger partial charge in [0, 0.05) is 20.3 Å². The molecule has 1 rings (SSSR count). The minimum absolute atomic E-state index is 0.115. The van der Waals surface area contributed by atoms with Crippen LogP contribution in [0.15, 0.2) is 24.4 Å². The summed E-state index contributed by atoms with van der Waals surface area (Å²) >= 11 is 5.08. The Kier molecular flexibility index (Phi) is 4.45. The molecule has 0 aliphatic rings. The fraction of sp³-hybridized carbons (Fsp3) is 0.400. The third-order valence-corrected chi connectivity index (χ3v) is 2.40. The van der Waals surface area contributed by atoms with Crippen LogP contribution in [0.2, 0.25) is 0 Å². The molecule has 82 valence electrons. The first kappa shape index (κ1) is 11.9. The van der Waals surface area contributed by atoms with Crippen molar-refractivity contribution in [1.82, 2.24) is 20.7 Å². The third-order valence-electron chi connectivity index (χ3n) is 1.93. The first-order chi connectivity index (χ1) is 7.11. The summed E-state index contributed by atoms with van der Waals surface area (Å²) in [5.74, 6) is 0. The Morgan fingerprint density at radius 2 is 2.20 bits per heavy atom. The molecule has 5 heteroatoms. The molecule has 0 radical (unpaired) electrons. The van der Waals surface area contributed by atoms with Gasteiger partial charge >= 0.3 is 0 Å². The van der Waals surface area contributed by atoms with Crippen molar-refractivity contribution >= 4 is 17.3 Å². The highest BCUT2D eigenvalue weighted by Gasteiger charge is 2.05. The second-order valence-electron chi connectivity index (χ2n) is 3.45. The maximum absolute atomic E-state index is 5.08. The average Bonchev–Trinajstić information content (AvgIpc) is 2.26. The molecule has 0 unspecified atom stereocenters. The molecular formula is C10H16N4S. The van der Waals surface area contributed by atoms with E-state index in [1.807, 2.05) is 44.1 Å². The quantitative estimate of drug-likeness (QED) is 0.594. The van der Waals surface area contributed by atoms with E-state index in [0.717, 1.165) is 5.69 Å². The van der Waals surface area contributed by atoms with E-state index in [4.69, 9.17) is 12.2 Å². The Balaban J connectivity index is 2.44. The maximum Gasteiger partial charge on any atom is 0.182 e. The van der Waals surface area contributed by atoms with Crippen LogP contribution >= 0.6 is 12.2 Å². The molecule has 15 heavy (non-hydrogen) atoms. The number of thiocarbonyl (C=S) groups is 1. The molecule has 0 fully saturated rings. The first-order valence-corrected chi connectivity index (χ1v) is 5.16. The Morgan fingerprint density at radius 1 is 1.47 bits per heavy atom. The molecule has 1 aromatic rings. The molecular weight excluding hydrogens is 208 g/mol. The van der Waals surface area contributed by atoms with Crippen molar-refractivity contribution in [2.24, 2.45) is 0 Å². The van der Waals surface area contributed by atoms with E-state index < -0.39 is 0 Å². The number of hydrogen-bond acceptors (Lipinski definition) is 3. The molecule has 0 aromatic carbocycles. The van der Waals surface area contributed by atoms with Crippen LogP contribution in [0.25, 0.3) is 0 Å². The highest BCUT2D eigenvalue weighted by molar-refractivity contribution is 7.80. The predicted octanol–water partition coefficient (Wildman–Crippen LogP) is 1.08. The summed E-state index contributed by atoms with van der Waals surface area (Å²) in [5.41, 5.74) is 7.01. The van der Waals surface area contributed by atoms with E-state index in [0.29, 0.717) is 5.11 Å². The third kappa shape index (κ3) is 3.81. The number of aromatic nitrogens is 1. The van der Waals surface area contributed by atoms with Gasteiger partial charge in [-0.05, 0) is 31.3 Å². The van der Waals surface area contributed by atoms with Crippen molar-refractivity contribution in [3.63, 3.8) is 0 Å². The summed E-state index contributed by atoms with van der Waals surface area (Å²) in [6, 6.07) is 5.95. The molecule has 4 nitrogen and oxygen atoms in total. The molecule has 0 aliphatic heterocycles. The van der Waals surface area contributed by atoms with Gasteiger partial charge in [-0.3, -0.25) is 10.4 Å². The lowest BCUT2D eigenvalue weighted by atomic mass is 10.2. The predicted molar refractivity (Wildman–Crippen MR) is 65.2 cm³/mol. The Labute approximate surface area is 95.7 Å². The van der Waals surface area contributed by atoms with Crippen LogP contribution in [-0.2, 0) is 0 Å². The van der Waals surface area contributed by atoms with Crippen LogP contribution in [-0.4, -0.2) is 29.1 Å². The lowest BCUT2D eigenvalue weighted by Gasteiger charge is -2.19. The summed E-state index contributed by atoms with van der Waals surface area (Å²) in [4.78, 5) is 6.07. The van der Waals surface area contributed by atoms with Gasteiger partial charge in [-0.2, -0.15) is 0 Å². The summed E-state index contributed by atoms with van der Waals surface area (Å²) < 4.78 is 0. The van der Waals surface area contributed by atoms with Gasteiger partial charge in [-0.25, -0.2) is 5.43 Å². The van der Waals surface area contributed by atoms with Crippen LogP contribution < -0.4 is 10.9 Å². The van der Waals surface area contributed by atoms with Gasteiger partial charge in [0.05, 0.1) is 11.7 Å². The van der Waals surface area contributed by atoms with Crippen LogP contribution in [0.4, 0.5) is 0 Å². The lowest BCUT2D eigenvalue weighted by molar-refractivity contribution is 0.496. The lowest BCUT2D eigenvalue weighted by Crippen LogP contribution is -2.44. The number of hydrogen-bond donors (Lipinski definition) is 2. The summed E-state index contributed by atoms with van der Waals surface area (Å²) in [6.07, 6.45) is 1.78. The van der Waals surface area contributed by atoms with Crippen molar-refractivity contribution in [2.75, 3.05) is 14.1 Å². The van der Waals surface area contributed by atoms with Crippen LogP contribution in [0.5, 0.6) is 0 Å². The number of nitrogens with one attached hydrogen (secondary N) is 2. The smallest absolute Gasteiger partial charge is 0.182 e. The van der Waals surface area contributed by atoms with Crippen molar-refractivity contribution in [3.05, 3.63) is 30.1 Å². The van der Waals surface area contributed by atoms with E-state index >= 15 is 0 Å². The zero-order chi connectivity index (χ0) is 11.3. The highest BCUT2D eigenvalue weighted by atomic mass is 32.1. The minimum Gasteiger partial charge on any atom is -0.354 e. The molecule has 0 saturated heterocycles. The van der Waals surface area contributed by atoms with E-state index in [-0.39, 0.29) is 6.04 Å². The SMILES string of the molecule is C[C@@H](NNC(=S)N(C)C)c1ccccn1. The van der Waals surface area contributed by atoms with Crippen molar-refractivity contribution in [3.8, 4) is 0 Å². The zero-order valence-corrected chi connectivity index (χ0v) is 10.0. The number of hydrazine groups is 1. The van der Waals surface area contributed by atoms with Crippen LogP contribution in [0.3, 0.4) is 0 Å². The normalized spacial score (nSPS) is 11.9. The highest BCUT2D eigenvalue weighted by Crippen LogP contribution is 2.05. The average molecular weight is 224 g/mol. The summed E-state index contributed by atoms with van der Waals surface area (Å²) in [7, 11) is 3.78. The maximum atomic E-state index is 5.08. The van der Waals surface area contributed by atoms with Gasteiger partial charge in [0.25, 0.3) is 0 Å². The Morgan fingerprint density at radius 3 is 2.73 bits per heavy atom. The van der Waals surface area contributed by atoms with Crippen molar-refractivity contribution in [1.29, 1.82) is 0 Å². The number of pyridine rings is 1. The first-order valence-electron chi connectivity index (χ1n) is 4.75. The molecule has 0 bridgehead atoms. The van der Waals surface area contributed by atoms with Crippen molar-refractivity contribution < 1.29 is 0 Å². The largest absolute Gasteiger partial charge is 0.354 e. The Bertz CT molecular complexity index is 312. The minimum atomic E-state index is 0.115. The Hall–Kier alpha value is -1.20. The van der Waals surface area contributed by atoms with Gasteiger partial charge in [-0.15, -0.1) is 0 Å². The van der Waals surface area contributed by atoms with Gasteiger partial charge in [-0.1, -0.05) is 6.07 Å². The van der Waals surface area contributed by atoms with E-state index in [1.54, 1.807) is 6.20 Å². The molecule has 1 aromatic heterocycles. The second kappa shape index (κ2) is 5.63. The van der Waals surface area contributed by atoms with E-state index in [1.165, 1.54) is 0 Å². The molecule has 0 aliphatic carbocycles. The number of nitrogens with zero attached hydrogens (tertiary/aromatic N) is 2. The van der Waals surface area contributed by atoms with Crippen molar-refractivity contribution in [2.45, 2.75) is 13.0 Å². The molecule has 0 spiro atoms. The van der Waals surface area contributed by atoms with Gasteiger partial charge in [0.1, 0.15) is 0 Å². The van der Waals surface area contributed by atoms with Gasteiger partial charge in [0.2, 0.25) is 0 Å². The molecule has 1 heterocycles. The summed E-state index contributed by atoms with van der Waals surface area (Å²) in [6.45, 7) is 2.02. The van der Waals surface area contributed by atoms with Gasteiger partial charge < -0.3 is 4.90 Å². The van der Waals surface area contributed by atoms with Gasteiger partial charge in [0.15, 0.2) is 5.11 Å². The van der Waals surface area contributed by atoms with Crippen LogP contribution in [0.1, 0.15) is 18.7 Å². The zero-order valence-electron chi connectivity index (χ0n) is 9.19.